The highest BCUT2D eigenvalue weighted by Crippen LogP contribution is 2.42. The molecular formula is C27H23NO6. The van der Waals surface area contributed by atoms with E-state index in [0.717, 1.165) is 5.56 Å². The number of hydrogen-bond acceptors (Lipinski definition) is 6. The Morgan fingerprint density at radius 1 is 0.882 bits per heavy atom. The van der Waals surface area contributed by atoms with Gasteiger partial charge in [-0.25, -0.2) is 0 Å². The monoisotopic (exact) mass is 457 g/mol. The second-order valence-electron chi connectivity index (χ2n) is 7.97. The number of aliphatic hydroxyl groups is 1. The van der Waals surface area contributed by atoms with Gasteiger partial charge in [0.2, 0.25) is 0 Å². The van der Waals surface area contributed by atoms with Crippen LogP contribution in [0.25, 0.3) is 5.76 Å². The number of nitrogens with zero attached hydrogens (tertiary/aromatic N) is 1. The minimum atomic E-state index is -0.784. The summed E-state index contributed by atoms with van der Waals surface area (Å²) in [7, 11) is 1.55. The van der Waals surface area contributed by atoms with Crippen molar-refractivity contribution in [3.63, 3.8) is 0 Å². The summed E-state index contributed by atoms with van der Waals surface area (Å²) in [5.41, 5.74) is 2.53. The van der Waals surface area contributed by atoms with E-state index in [-0.39, 0.29) is 11.3 Å². The molecule has 2 heterocycles. The number of benzene rings is 3. The Labute approximate surface area is 196 Å². The molecule has 1 N–H and O–H groups in total. The Hall–Kier alpha value is -3.94. The number of Topliss-reactive ketones (excluding diaryl/α,β-unsaturated/α-hetero) is 1. The molecule has 2 saturated heterocycles. The number of aliphatic hydroxyl groups excluding tert-OH is 1. The van der Waals surface area contributed by atoms with Crippen LogP contribution in [0.1, 0.15) is 29.0 Å². The molecule has 2 aliphatic heterocycles. The Kier molecular flexibility index (Phi) is 5.88. The van der Waals surface area contributed by atoms with Crippen molar-refractivity contribution in [2.75, 3.05) is 25.2 Å². The average Bonchev–Trinajstić information content (AvgIpc) is 3.52. The van der Waals surface area contributed by atoms with Crippen LogP contribution in [-0.2, 0) is 19.1 Å². The first-order valence-corrected chi connectivity index (χ1v) is 10.9. The highest BCUT2D eigenvalue weighted by atomic mass is 16.7. The minimum Gasteiger partial charge on any atom is -0.507 e. The van der Waals surface area contributed by atoms with E-state index < -0.39 is 24.0 Å². The molecule has 7 heteroatoms. The van der Waals surface area contributed by atoms with Gasteiger partial charge in [-0.3, -0.25) is 14.5 Å². The molecule has 0 bridgehead atoms. The molecular weight excluding hydrogens is 434 g/mol. The van der Waals surface area contributed by atoms with E-state index in [1.54, 1.807) is 43.5 Å². The lowest BCUT2D eigenvalue weighted by Crippen LogP contribution is -2.29. The smallest absolute Gasteiger partial charge is 0.300 e. The Balaban J connectivity index is 1.60. The standard InChI is InChI=1S/C27H23NO6/c1-32-21-13-9-18(10-14-21)24(29)22-23(17-5-3-2-4-6-17)28(26(31)25(22)30)20-11-7-19(8-12-20)27-33-15-16-34-27/h2-14,23,27,29H,15-16H2,1H3. The zero-order chi connectivity index (χ0) is 23.7. The van der Waals surface area contributed by atoms with Gasteiger partial charge in [-0.15, -0.1) is 0 Å². The number of rotatable bonds is 5. The molecule has 1 unspecified atom stereocenters. The summed E-state index contributed by atoms with van der Waals surface area (Å²) >= 11 is 0. The molecule has 1 atom stereocenters. The van der Waals surface area contributed by atoms with Gasteiger partial charge < -0.3 is 19.3 Å². The van der Waals surface area contributed by atoms with Crippen LogP contribution in [0.15, 0.2) is 84.4 Å². The molecule has 2 aliphatic rings. The number of anilines is 1. The first-order chi connectivity index (χ1) is 16.6. The maximum absolute atomic E-state index is 13.2. The van der Waals surface area contributed by atoms with Crippen molar-refractivity contribution in [2.24, 2.45) is 0 Å². The maximum atomic E-state index is 13.2. The number of ketones is 1. The highest BCUT2D eigenvalue weighted by molar-refractivity contribution is 6.51. The number of hydrogen-bond donors (Lipinski definition) is 1. The van der Waals surface area contributed by atoms with E-state index in [0.29, 0.717) is 35.8 Å². The van der Waals surface area contributed by atoms with Crippen LogP contribution in [0.5, 0.6) is 5.75 Å². The molecule has 3 aromatic rings. The van der Waals surface area contributed by atoms with Gasteiger partial charge in [0, 0.05) is 16.8 Å². The molecule has 0 spiro atoms. The molecule has 34 heavy (non-hydrogen) atoms. The molecule has 1 amide bonds. The van der Waals surface area contributed by atoms with Crippen LogP contribution in [0.3, 0.4) is 0 Å². The first kappa shape index (κ1) is 21.9. The van der Waals surface area contributed by atoms with E-state index in [1.807, 2.05) is 42.5 Å². The molecule has 5 rings (SSSR count). The predicted octanol–water partition coefficient (Wildman–Crippen LogP) is 4.37. The van der Waals surface area contributed by atoms with Gasteiger partial charge in [0.15, 0.2) is 6.29 Å². The Morgan fingerprint density at radius 3 is 2.15 bits per heavy atom. The molecule has 172 valence electrons. The molecule has 0 aromatic heterocycles. The van der Waals surface area contributed by atoms with E-state index in [9.17, 15) is 14.7 Å². The average molecular weight is 457 g/mol. The van der Waals surface area contributed by atoms with E-state index >= 15 is 0 Å². The lowest BCUT2D eigenvalue weighted by Gasteiger charge is -2.25. The van der Waals surface area contributed by atoms with E-state index in [2.05, 4.69) is 0 Å². The van der Waals surface area contributed by atoms with Gasteiger partial charge in [0.25, 0.3) is 11.7 Å². The lowest BCUT2D eigenvalue weighted by molar-refractivity contribution is -0.132. The van der Waals surface area contributed by atoms with E-state index in [4.69, 9.17) is 14.2 Å². The van der Waals surface area contributed by atoms with Crippen molar-refractivity contribution in [3.8, 4) is 5.75 Å². The largest absolute Gasteiger partial charge is 0.507 e. The number of carbonyl (C=O) groups is 2. The number of carbonyl (C=O) groups excluding carboxylic acids is 2. The lowest BCUT2D eigenvalue weighted by atomic mass is 9.95. The second kappa shape index (κ2) is 9.13. The number of methoxy groups -OCH3 is 1. The van der Waals surface area contributed by atoms with Gasteiger partial charge in [-0.05, 0) is 42.0 Å². The number of ether oxygens (including phenoxy) is 3. The van der Waals surface area contributed by atoms with Gasteiger partial charge in [-0.1, -0.05) is 42.5 Å². The summed E-state index contributed by atoms with van der Waals surface area (Å²) in [6.07, 6.45) is -0.440. The Bertz CT molecular complexity index is 1230. The third-order valence-corrected chi connectivity index (χ3v) is 5.99. The summed E-state index contributed by atoms with van der Waals surface area (Å²) in [5.74, 6) is -1.06. The second-order valence-corrected chi connectivity index (χ2v) is 7.97. The van der Waals surface area contributed by atoms with E-state index in [1.165, 1.54) is 4.90 Å². The molecule has 7 nitrogen and oxygen atoms in total. The Morgan fingerprint density at radius 2 is 1.53 bits per heavy atom. The van der Waals surface area contributed by atoms with Crippen molar-refractivity contribution in [1.82, 2.24) is 0 Å². The summed E-state index contributed by atoms with van der Waals surface area (Å²) in [4.78, 5) is 27.9. The van der Waals surface area contributed by atoms with Crippen molar-refractivity contribution in [2.45, 2.75) is 12.3 Å². The van der Waals surface area contributed by atoms with Crippen LogP contribution >= 0.6 is 0 Å². The topological polar surface area (TPSA) is 85.3 Å². The maximum Gasteiger partial charge on any atom is 0.300 e. The summed E-state index contributed by atoms with van der Waals surface area (Å²) in [6.45, 7) is 1.06. The molecule has 0 radical (unpaired) electrons. The quantitative estimate of drug-likeness (QED) is 0.348. The van der Waals surface area contributed by atoms with Crippen LogP contribution in [0.4, 0.5) is 5.69 Å². The normalized spacial score (nSPS) is 20.1. The van der Waals surface area contributed by atoms with Crippen molar-refractivity contribution in [1.29, 1.82) is 0 Å². The fourth-order valence-corrected chi connectivity index (χ4v) is 4.30. The summed E-state index contributed by atoms with van der Waals surface area (Å²) in [6, 6.07) is 22.2. The highest BCUT2D eigenvalue weighted by Gasteiger charge is 2.47. The SMILES string of the molecule is COc1ccc(C(O)=C2C(=O)C(=O)N(c3ccc(C4OCCO4)cc3)C2c2ccccc2)cc1. The van der Waals surface area contributed by atoms with Crippen LogP contribution in [-0.4, -0.2) is 37.1 Å². The molecule has 2 fully saturated rings. The third-order valence-electron chi connectivity index (χ3n) is 5.99. The van der Waals surface area contributed by atoms with Crippen molar-refractivity contribution >= 4 is 23.1 Å². The zero-order valence-electron chi connectivity index (χ0n) is 18.5. The zero-order valence-corrected chi connectivity index (χ0v) is 18.5. The summed E-state index contributed by atoms with van der Waals surface area (Å²) in [5, 5.41) is 11.2. The van der Waals surface area contributed by atoms with Crippen molar-refractivity contribution < 1.29 is 28.9 Å². The molecule has 3 aromatic carbocycles. The van der Waals surface area contributed by atoms with Gasteiger partial charge >= 0.3 is 0 Å². The van der Waals surface area contributed by atoms with Gasteiger partial charge in [0.05, 0.1) is 31.9 Å². The molecule has 0 aliphatic carbocycles. The first-order valence-electron chi connectivity index (χ1n) is 10.9. The van der Waals surface area contributed by atoms with Crippen LogP contribution in [0, 0.1) is 0 Å². The third kappa shape index (κ3) is 3.85. The number of amides is 1. The van der Waals surface area contributed by atoms with Crippen LogP contribution in [0.2, 0.25) is 0 Å². The van der Waals surface area contributed by atoms with Crippen LogP contribution < -0.4 is 9.64 Å². The predicted molar refractivity (Wildman–Crippen MR) is 125 cm³/mol. The summed E-state index contributed by atoms with van der Waals surface area (Å²) < 4.78 is 16.3. The minimum absolute atomic E-state index is 0.0351. The van der Waals surface area contributed by atoms with Gasteiger partial charge in [0.1, 0.15) is 11.5 Å². The van der Waals surface area contributed by atoms with Gasteiger partial charge in [-0.2, -0.15) is 0 Å². The fraction of sp³-hybridized carbons (Fsp3) is 0.185. The fourth-order valence-electron chi connectivity index (χ4n) is 4.30. The van der Waals surface area contributed by atoms with Crippen molar-refractivity contribution in [3.05, 3.63) is 101 Å². The molecule has 0 saturated carbocycles.